The highest BCUT2D eigenvalue weighted by molar-refractivity contribution is 7.83. The van der Waals surface area contributed by atoms with Gasteiger partial charge in [-0.3, -0.25) is 13.9 Å². The molecule has 0 radical (unpaired) electrons. The minimum absolute atomic E-state index is 0.0121. The van der Waals surface area contributed by atoms with Gasteiger partial charge in [0.1, 0.15) is 25.9 Å². The number of ether oxygens (including phenoxy) is 5. The Morgan fingerprint density at radius 3 is 2.13 bits per heavy atom. The number of hydrogen-bond acceptors (Lipinski definition) is 15. The summed E-state index contributed by atoms with van der Waals surface area (Å²) in [6, 6.07) is -0.851. The topological polar surface area (TPSA) is 246 Å². The van der Waals surface area contributed by atoms with Crippen LogP contribution in [0.25, 0.3) is 0 Å². The number of allylic oxidation sites excluding steroid dienone is 1. The van der Waals surface area contributed by atoms with Gasteiger partial charge in [0, 0.05) is 32.4 Å². The molecule has 2 rings (SSSR count). The maximum Gasteiger partial charge on any atom is 0.333 e. The molecule has 0 aliphatic carbocycles. The summed E-state index contributed by atoms with van der Waals surface area (Å²) < 4.78 is 83.2. The zero-order valence-electron chi connectivity index (χ0n) is 37.1. The quantitative estimate of drug-likeness (QED) is 0.0165. The number of unbranched alkanes of at least 4 members (excludes halogenated alkanes) is 14. The third kappa shape index (κ3) is 27.4. The van der Waals surface area contributed by atoms with E-state index in [1.54, 1.807) is 6.08 Å². The molecule has 0 aromatic carbocycles. The number of esters is 2. The Kier molecular flexibility index (Phi) is 27.1. The average Bonchev–Trinajstić information content (AvgIpc) is 3.48. The van der Waals surface area contributed by atoms with Crippen LogP contribution in [0.3, 0.4) is 0 Å². The first-order valence-corrected chi connectivity index (χ1v) is 25.1. The normalized spacial score (nSPS) is 22.6. The SMILES string of the molecule is CC(=O)OC[C@H](COP(=O)([O-])OCC[N+](C)(C)C)OC(=O)/C=C/CCCCC[C@H]1O[C@]2(CCCCCCCCCCCCCCOC[C@H](CO)NS(=O)(=O)O)CC[C@@H](O)[C@@H]1O2. The number of aliphatic hydroxyl groups excluding tert-OH is 2. The first-order valence-electron chi connectivity index (χ1n) is 22.2. The molecular weight excluding hydrogens is 839 g/mol. The number of quaternary nitrogens is 1. The van der Waals surface area contributed by atoms with Crippen molar-refractivity contribution in [3.63, 3.8) is 0 Å². The molecule has 2 heterocycles. The van der Waals surface area contributed by atoms with Crippen LogP contribution in [0, 0.1) is 0 Å². The molecule has 7 atom stereocenters. The van der Waals surface area contributed by atoms with Gasteiger partial charge in [-0.05, 0) is 38.5 Å². The fourth-order valence-corrected chi connectivity index (χ4v) is 8.49. The van der Waals surface area contributed by atoms with Gasteiger partial charge in [0.05, 0.1) is 59.2 Å². The monoisotopic (exact) mass is 916 g/mol. The number of phosphoric ester groups is 1. The molecule has 18 nitrogen and oxygen atoms in total. The fourth-order valence-electron chi connectivity index (χ4n) is 7.20. The second-order valence-corrected chi connectivity index (χ2v) is 19.9. The molecule has 4 N–H and O–H groups in total. The molecule has 2 saturated heterocycles. The van der Waals surface area contributed by atoms with E-state index in [0.717, 1.165) is 64.2 Å². The van der Waals surface area contributed by atoms with Crippen LogP contribution in [0.1, 0.15) is 135 Å². The maximum absolute atomic E-state index is 12.4. The second-order valence-electron chi connectivity index (χ2n) is 17.3. The Hall–Kier alpha value is -1.58. The van der Waals surface area contributed by atoms with Crippen molar-refractivity contribution in [2.24, 2.45) is 0 Å². The van der Waals surface area contributed by atoms with Crippen molar-refractivity contribution in [2.75, 3.05) is 67.3 Å². The van der Waals surface area contributed by atoms with E-state index >= 15 is 0 Å². The van der Waals surface area contributed by atoms with E-state index in [1.807, 2.05) is 25.9 Å². The van der Waals surface area contributed by atoms with E-state index in [1.165, 1.54) is 57.9 Å². The summed E-state index contributed by atoms with van der Waals surface area (Å²) >= 11 is 0. The summed E-state index contributed by atoms with van der Waals surface area (Å²) in [7, 11) is -3.36. The molecule has 20 heteroatoms. The van der Waals surface area contributed by atoms with Crippen LogP contribution >= 0.6 is 7.82 Å². The Labute approximate surface area is 364 Å². The molecule has 2 aliphatic rings. The second kappa shape index (κ2) is 29.8. The van der Waals surface area contributed by atoms with Crippen molar-refractivity contribution in [3.8, 4) is 0 Å². The van der Waals surface area contributed by atoms with E-state index in [9.17, 15) is 32.6 Å². The number of rotatable bonds is 37. The highest BCUT2D eigenvalue weighted by Crippen LogP contribution is 2.44. The minimum Gasteiger partial charge on any atom is -0.756 e. The van der Waals surface area contributed by atoms with Gasteiger partial charge in [-0.15, -0.1) is 0 Å². The van der Waals surface area contributed by atoms with Crippen molar-refractivity contribution in [3.05, 3.63) is 12.2 Å². The molecule has 0 aromatic rings. The number of nitrogens with zero attached hydrogens (tertiary/aromatic N) is 1. The zero-order chi connectivity index (χ0) is 45.2. The van der Waals surface area contributed by atoms with Gasteiger partial charge >= 0.3 is 22.2 Å². The van der Waals surface area contributed by atoms with Crippen LogP contribution in [0.15, 0.2) is 12.2 Å². The number of fused-ring (bicyclic) bond motifs is 2. The standard InChI is InChI=1S/C41H77N2O16PS/c1-34(45)54-32-36(33-56-60(48,49)55-29-27-43(2,3)4)57-39(47)23-19-15-13-14-18-22-38-40-37(46)24-26-41(58-38,59-40)25-20-16-11-9-7-5-6-8-10-12-17-21-28-53-31-35(30-44)42-61(50,51)52/h19,23,35-38,40,42,44,46H,5-18,20-22,24-33H2,1-4H3,(H-,48,49,50,51,52)/b23-19+/t35-,36+,37+,38+,40-,41-/m0/s1. The predicted octanol–water partition coefficient (Wildman–Crippen LogP) is 4.65. The van der Waals surface area contributed by atoms with Crippen LogP contribution in [-0.4, -0.2) is 143 Å². The van der Waals surface area contributed by atoms with E-state index in [2.05, 4.69) is 0 Å². The van der Waals surface area contributed by atoms with Gasteiger partial charge in [0.25, 0.3) is 7.82 Å². The molecule has 1 unspecified atom stereocenters. The van der Waals surface area contributed by atoms with Crippen molar-refractivity contribution < 1.29 is 79.4 Å². The van der Waals surface area contributed by atoms with E-state index in [4.69, 9.17) is 42.4 Å². The average molecular weight is 917 g/mol. The van der Waals surface area contributed by atoms with E-state index < -0.39 is 67.3 Å². The summed E-state index contributed by atoms with van der Waals surface area (Å²) in [4.78, 5) is 35.9. The number of carbonyl (C=O) groups is 2. The van der Waals surface area contributed by atoms with E-state index in [0.29, 0.717) is 36.9 Å². The summed E-state index contributed by atoms with van der Waals surface area (Å²) in [5, 5.41) is 19.8. The van der Waals surface area contributed by atoms with Crippen molar-refractivity contribution >= 4 is 30.1 Å². The maximum atomic E-state index is 12.4. The Balaban J connectivity index is 1.54. The fraction of sp³-hybridized carbons (Fsp3) is 0.902. The number of nitrogens with one attached hydrogen (secondary N) is 1. The molecular formula is C41H77N2O16PS. The molecule has 61 heavy (non-hydrogen) atoms. The molecule has 358 valence electrons. The summed E-state index contributed by atoms with van der Waals surface area (Å²) in [5.41, 5.74) is 0. The summed E-state index contributed by atoms with van der Waals surface area (Å²) in [5.74, 6) is -1.94. The Morgan fingerprint density at radius 1 is 0.902 bits per heavy atom. The number of likely N-dealkylation sites (N-methyl/N-ethyl adjacent to an activating group) is 1. The van der Waals surface area contributed by atoms with Crippen LogP contribution in [0.4, 0.5) is 0 Å². The molecule has 0 amide bonds. The highest BCUT2D eigenvalue weighted by atomic mass is 32.2. The van der Waals surface area contributed by atoms with Crippen molar-refractivity contribution in [1.82, 2.24) is 4.72 Å². The lowest BCUT2D eigenvalue weighted by atomic mass is 9.94. The lowest BCUT2D eigenvalue weighted by Gasteiger charge is -2.33. The molecule has 2 fully saturated rings. The predicted molar refractivity (Wildman–Crippen MR) is 225 cm³/mol. The zero-order valence-corrected chi connectivity index (χ0v) is 38.8. The number of phosphoric acid groups is 1. The van der Waals surface area contributed by atoms with E-state index in [-0.39, 0.29) is 32.0 Å². The van der Waals surface area contributed by atoms with Gasteiger partial charge in [-0.1, -0.05) is 83.1 Å². The van der Waals surface area contributed by atoms with Crippen molar-refractivity contribution in [2.45, 2.75) is 172 Å². The van der Waals surface area contributed by atoms with Crippen LogP contribution in [-0.2, 0) is 57.2 Å². The Bertz CT molecular complexity index is 1420. The molecule has 0 spiro atoms. The molecule has 0 aromatic heterocycles. The number of carbonyl (C=O) groups excluding carboxylic acids is 2. The van der Waals surface area contributed by atoms with Crippen LogP contribution in [0.2, 0.25) is 0 Å². The van der Waals surface area contributed by atoms with Gasteiger partial charge < -0.3 is 52.3 Å². The smallest absolute Gasteiger partial charge is 0.333 e. The Morgan fingerprint density at radius 2 is 1.52 bits per heavy atom. The highest BCUT2D eigenvalue weighted by Gasteiger charge is 2.52. The lowest BCUT2D eigenvalue weighted by molar-refractivity contribution is -0.870. The first kappa shape index (κ1) is 55.6. The largest absolute Gasteiger partial charge is 0.756 e. The first-order chi connectivity index (χ1) is 28.8. The minimum atomic E-state index is -4.66. The number of aliphatic hydroxyl groups is 2. The lowest BCUT2D eigenvalue weighted by Crippen LogP contribution is -2.41. The third-order valence-electron chi connectivity index (χ3n) is 10.5. The summed E-state index contributed by atoms with van der Waals surface area (Å²) in [6.07, 6.45) is 20.6. The van der Waals surface area contributed by atoms with Gasteiger partial charge in [0.15, 0.2) is 11.9 Å². The molecule has 2 aliphatic heterocycles. The molecule has 2 bridgehead atoms. The van der Waals surface area contributed by atoms with Gasteiger partial charge in [-0.2, -0.15) is 13.1 Å². The summed E-state index contributed by atoms with van der Waals surface area (Å²) in [6.45, 7) is 0.651. The van der Waals surface area contributed by atoms with Gasteiger partial charge in [-0.25, -0.2) is 4.79 Å². The van der Waals surface area contributed by atoms with Gasteiger partial charge in [0.2, 0.25) is 0 Å². The molecule has 0 saturated carbocycles. The number of hydrogen-bond donors (Lipinski definition) is 4. The van der Waals surface area contributed by atoms with Crippen LogP contribution < -0.4 is 9.62 Å². The van der Waals surface area contributed by atoms with Crippen LogP contribution in [0.5, 0.6) is 0 Å². The van der Waals surface area contributed by atoms with Crippen molar-refractivity contribution in [1.29, 1.82) is 0 Å². The third-order valence-corrected chi connectivity index (χ3v) is 12.1.